The highest BCUT2D eigenvalue weighted by Crippen LogP contribution is 2.39. The summed E-state index contributed by atoms with van der Waals surface area (Å²) in [5.41, 5.74) is 4.65. The van der Waals surface area contributed by atoms with Crippen LogP contribution in [-0.2, 0) is 4.74 Å². The van der Waals surface area contributed by atoms with Crippen LogP contribution in [0.1, 0.15) is 61.1 Å². The van der Waals surface area contributed by atoms with E-state index in [4.69, 9.17) is 14.7 Å². The van der Waals surface area contributed by atoms with Crippen molar-refractivity contribution in [2.75, 3.05) is 39.9 Å². The second-order valence-corrected chi connectivity index (χ2v) is 10.6. The first-order valence-corrected chi connectivity index (χ1v) is 13.1. The molecule has 1 N–H and O–H groups in total. The lowest BCUT2D eigenvalue weighted by molar-refractivity contribution is 0.00729. The highest BCUT2D eigenvalue weighted by Gasteiger charge is 2.29. The molecule has 2 saturated heterocycles. The van der Waals surface area contributed by atoms with Gasteiger partial charge in [-0.05, 0) is 69.7 Å². The number of nitrogens with one attached hydrogen (secondary N) is 1. The highest BCUT2D eigenvalue weighted by molar-refractivity contribution is 7.10. The predicted octanol–water partition coefficient (Wildman–Crippen LogP) is 4.81. The number of nitrogens with zero attached hydrogens (tertiary/aromatic N) is 4. The maximum Gasteiger partial charge on any atom is 0.137 e. The van der Waals surface area contributed by atoms with Crippen molar-refractivity contribution in [2.45, 2.75) is 56.5 Å². The molecule has 3 aromatic heterocycles. The minimum Gasteiger partial charge on any atom is -0.379 e. The third kappa shape index (κ3) is 3.89. The molecule has 0 spiro atoms. The van der Waals surface area contributed by atoms with Crippen LogP contribution in [-0.4, -0.2) is 70.7 Å². The normalized spacial score (nSPS) is 28.0. The first-order valence-electron chi connectivity index (χ1n) is 12.2. The van der Waals surface area contributed by atoms with Gasteiger partial charge in [0, 0.05) is 47.9 Å². The van der Waals surface area contributed by atoms with Crippen molar-refractivity contribution in [1.29, 1.82) is 0 Å². The summed E-state index contributed by atoms with van der Waals surface area (Å²) >= 11 is 1.80. The summed E-state index contributed by atoms with van der Waals surface area (Å²) in [6, 6.07) is 3.60. The quantitative estimate of drug-likeness (QED) is 0.617. The average molecular weight is 452 g/mol. The molecule has 32 heavy (non-hydrogen) atoms. The lowest BCUT2D eigenvalue weighted by atomic mass is 9.81. The molecule has 6 rings (SSSR count). The van der Waals surface area contributed by atoms with Gasteiger partial charge in [-0.3, -0.25) is 9.80 Å². The number of thiazole rings is 1. The smallest absolute Gasteiger partial charge is 0.137 e. The van der Waals surface area contributed by atoms with Gasteiger partial charge in [0.1, 0.15) is 10.7 Å². The molecular weight excluding hydrogens is 418 g/mol. The van der Waals surface area contributed by atoms with E-state index in [2.05, 4.69) is 45.7 Å². The van der Waals surface area contributed by atoms with Crippen LogP contribution in [0, 0.1) is 0 Å². The number of H-pyrrole nitrogens is 1. The molecule has 5 heterocycles. The molecule has 3 aromatic rings. The second-order valence-electron chi connectivity index (χ2n) is 9.73. The van der Waals surface area contributed by atoms with Gasteiger partial charge < -0.3 is 9.72 Å². The van der Waals surface area contributed by atoms with Gasteiger partial charge in [0.05, 0.1) is 24.9 Å². The maximum absolute atomic E-state index is 5.54. The molecule has 3 aliphatic rings. The SMILES string of the molecule is CN1CCCC1c1nc(-c2c[nH]c3ncc([C@H]4CC[C@@H](N5CCOCC5)CC4)cc23)cs1. The Kier molecular flexibility index (Phi) is 5.75. The fraction of sp³-hybridized carbons (Fsp3) is 0.600. The first-order chi connectivity index (χ1) is 15.8. The van der Waals surface area contributed by atoms with Crippen LogP contribution < -0.4 is 0 Å². The van der Waals surface area contributed by atoms with Crippen LogP contribution in [0.15, 0.2) is 23.8 Å². The molecule has 0 radical (unpaired) electrons. The molecule has 1 unspecified atom stereocenters. The van der Waals surface area contributed by atoms with Gasteiger partial charge in [0.15, 0.2) is 0 Å². The molecule has 0 amide bonds. The lowest BCUT2D eigenvalue weighted by Crippen LogP contribution is -2.44. The Morgan fingerprint density at radius 1 is 1.09 bits per heavy atom. The maximum atomic E-state index is 5.54. The Morgan fingerprint density at radius 3 is 2.72 bits per heavy atom. The van der Waals surface area contributed by atoms with Crippen LogP contribution in [0.4, 0.5) is 0 Å². The lowest BCUT2D eigenvalue weighted by Gasteiger charge is -2.38. The molecule has 170 valence electrons. The van der Waals surface area contributed by atoms with Crippen molar-refractivity contribution in [2.24, 2.45) is 0 Å². The largest absolute Gasteiger partial charge is 0.379 e. The van der Waals surface area contributed by atoms with Crippen molar-refractivity contribution in [1.82, 2.24) is 24.8 Å². The average Bonchev–Trinajstić information content (AvgIpc) is 3.58. The molecule has 7 heteroatoms. The molecule has 0 aromatic carbocycles. The number of aromatic amines is 1. The van der Waals surface area contributed by atoms with E-state index >= 15 is 0 Å². The van der Waals surface area contributed by atoms with E-state index in [-0.39, 0.29) is 0 Å². The Hall–Kier alpha value is -1.80. The van der Waals surface area contributed by atoms with Crippen molar-refractivity contribution < 1.29 is 4.74 Å². The Morgan fingerprint density at radius 2 is 1.94 bits per heavy atom. The topological polar surface area (TPSA) is 57.3 Å². The van der Waals surface area contributed by atoms with Crippen LogP contribution in [0.2, 0.25) is 0 Å². The van der Waals surface area contributed by atoms with Gasteiger partial charge in [-0.2, -0.15) is 0 Å². The molecule has 6 nitrogen and oxygen atoms in total. The van der Waals surface area contributed by atoms with E-state index in [1.807, 2.05) is 0 Å². The molecule has 1 atom stereocenters. The predicted molar refractivity (Wildman–Crippen MR) is 129 cm³/mol. The van der Waals surface area contributed by atoms with Crippen molar-refractivity contribution in [3.05, 3.63) is 34.4 Å². The summed E-state index contributed by atoms with van der Waals surface area (Å²) in [6.07, 6.45) is 11.8. The van der Waals surface area contributed by atoms with Crippen LogP contribution in [0.3, 0.4) is 0 Å². The summed E-state index contributed by atoms with van der Waals surface area (Å²) in [5.74, 6) is 0.616. The van der Waals surface area contributed by atoms with E-state index in [9.17, 15) is 0 Å². The van der Waals surface area contributed by atoms with Gasteiger partial charge in [0.2, 0.25) is 0 Å². The fourth-order valence-electron chi connectivity index (χ4n) is 5.96. The van der Waals surface area contributed by atoms with Gasteiger partial charge in [-0.15, -0.1) is 11.3 Å². The minimum atomic E-state index is 0.481. The molecule has 2 aliphatic heterocycles. The number of pyridine rings is 1. The second kappa shape index (κ2) is 8.86. The number of aromatic nitrogens is 3. The van der Waals surface area contributed by atoms with Gasteiger partial charge >= 0.3 is 0 Å². The molecule has 0 bridgehead atoms. The molecule has 3 fully saturated rings. The molecular formula is C25H33N5OS. The third-order valence-electron chi connectivity index (χ3n) is 7.89. The summed E-state index contributed by atoms with van der Waals surface area (Å²) < 4.78 is 5.54. The number of likely N-dealkylation sites (tertiary alicyclic amines) is 1. The summed E-state index contributed by atoms with van der Waals surface area (Å²) in [5, 5.41) is 4.69. The van der Waals surface area contributed by atoms with Crippen LogP contribution in [0.5, 0.6) is 0 Å². The monoisotopic (exact) mass is 451 g/mol. The zero-order valence-corrected chi connectivity index (χ0v) is 19.7. The minimum absolute atomic E-state index is 0.481. The Labute approximate surface area is 194 Å². The first kappa shape index (κ1) is 20.8. The molecule has 1 aliphatic carbocycles. The van der Waals surface area contributed by atoms with Crippen LogP contribution in [0.25, 0.3) is 22.3 Å². The third-order valence-corrected chi connectivity index (χ3v) is 8.83. The van der Waals surface area contributed by atoms with E-state index in [1.165, 1.54) is 66.6 Å². The summed E-state index contributed by atoms with van der Waals surface area (Å²) in [4.78, 5) is 18.3. The number of hydrogen-bond acceptors (Lipinski definition) is 6. The Bertz CT molecular complexity index is 1060. The van der Waals surface area contributed by atoms with Gasteiger partial charge in [0.25, 0.3) is 0 Å². The van der Waals surface area contributed by atoms with E-state index < -0.39 is 0 Å². The summed E-state index contributed by atoms with van der Waals surface area (Å²) in [6.45, 7) is 5.16. The number of fused-ring (bicyclic) bond motifs is 1. The van der Waals surface area contributed by atoms with Crippen LogP contribution >= 0.6 is 11.3 Å². The Balaban J connectivity index is 1.20. The van der Waals surface area contributed by atoms with Gasteiger partial charge in [-0.1, -0.05) is 0 Å². The standard InChI is InChI=1S/C25H33N5OS/c1-29-8-2-3-23(29)25-28-22(16-32-25)21-15-27-24-20(21)13-18(14-26-24)17-4-6-19(7-5-17)30-9-11-31-12-10-30/h13-17,19,23H,2-12H2,1H3,(H,26,27)/t17-,19+,23?. The number of rotatable bonds is 4. The highest BCUT2D eigenvalue weighted by atomic mass is 32.1. The summed E-state index contributed by atoms with van der Waals surface area (Å²) in [7, 11) is 2.22. The van der Waals surface area contributed by atoms with Crippen molar-refractivity contribution >= 4 is 22.4 Å². The van der Waals surface area contributed by atoms with Crippen molar-refractivity contribution in [3.8, 4) is 11.3 Å². The van der Waals surface area contributed by atoms with E-state index in [1.54, 1.807) is 11.3 Å². The molecule has 1 saturated carbocycles. The van der Waals surface area contributed by atoms with Gasteiger partial charge in [-0.25, -0.2) is 9.97 Å². The fourth-order valence-corrected chi connectivity index (χ4v) is 6.98. The van der Waals surface area contributed by atoms with E-state index in [0.717, 1.165) is 43.7 Å². The van der Waals surface area contributed by atoms with E-state index in [0.29, 0.717) is 12.0 Å². The number of morpholine rings is 1. The van der Waals surface area contributed by atoms with Crippen molar-refractivity contribution in [3.63, 3.8) is 0 Å². The zero-order chi connectivity index (χ0) is 21.5. The number of hydrogen-bond donors (Lipinski definition) is 1. The zero-order valence-electron chi connectivity index (χ0n) is 18.9. The number of ether oxygens (including phenoxy) is 1.